The van der Waals surface area contributed by atoms with E-state index in [0.717, 1.165) is 12.7 Å². The zero-order valence-corrected chi connectivity index (χ0v) is 12.3. The molecule has 1 aromatic rings. The Morgan fingerprint density at radius 2 is 2.05 bits per heavy atom. The van der Waals surface area contributed by atoms with Gasteiger partial charge in [0.05, 0.1) is 0 Å². The van der Waals surface area contributed by atoms with Crippen molar-refractivity contribution in [2.24, 2.45) is 0 Å². The smallest absolute Gasteiger partial charge is 0.428 e. The highest BCUT2D eigenvalue weighted by Gasteiger charge is 2.59. The minimum atomic E-state index is -4.93. The molecule has 22 heavy (non-hydrogen) atoms. The fourth-order valence-electron chi connectivity index (χ4n) is 1.53. The Morgan fingerprint density at radius 1 is 1.36 bits per heavy atom. The molecule has 1 rings (SSSR count). The third kappa shape index (κ3) is 4.32. The number of hydrogen-bond donors (Lipinski definition) is 0. The number of benzene rings is 1. The van der Waals surface area contributed by atoms with Crippen LogP contribution >= 0.6 is 0 Å². The number of alkyl halides is 3. The monoisotopic (exact) mass is 318 g/mol. The lowest BCUT2D eigenvalue weighted by molar-refractivity contribution is -0.287. The van der Waals surface area contributed by atoms with Crippen LogP contribution in [-0.4, -0.2) is 31.6 Å². The highest BCUT2D eigenvalue weighted by molar-refractivity contribution is 5.80. The molecule has 0 aromatic heterocycles. The second-order valence-corrected chi connectivity index (χ2v) is 4.61. The summed E-state index contributed by atoms with van der Waals surface area (Å²) >= 11 is 0. The molecule has 0 N–H and O–H groups in total. The molecule has 7 heteroatoms. The van der Waals surface area contributed by atoms with Crippen LogP contribution in [0.1, 0.15) is 18.1 Å². The zero-order valence-electron chi connectivity index (χ0n) is 12.3. The van der Waals surface area contributed by atoms with Crippen LogP contribution in [0.5, 0.6) is 0 Å². The van der Waals surface area contributed by atoms with E-state index in [1.54, 1.807) is 30.3 Å². The molecule has 0 aliphatic carbocycles. The van der Waals surface area contributed by atoms with Crippen molar-refractivity contribution in [3.05, 3.63) is 42.0 Å². The van der Waals surface area contributed by atoms with Crippen LogP contribution < -0.4 is 0 Å². The van der Waals surface area contributed by atoms with Crippen LogP contribution in [0.15, 0.2) is 30.8 Å². The molecule has 0 saturated carbocycles. The summed E-state index contributed by atoms with van der Waals surface area (Å²) in [5, 5.41) is 0. The van der Waals surface area contributed by atoms with Gasteiger partial charge in [-0.15, -0.1) is 0 Å². The Balaban J connectivity index is 2.81. The number of hydrogen-bond acceptors (Lipinski definition) is 4. The maximum absolute atomic E-state index is 13.0. The number of esters is 1. The van der Waals surface area contributed by atoms with Gasteiger partial charge in [-0.25, -0.2) is 4.79 Å². The molecule has 1 aromatic carbocycles. The molecule has 0 spiro atoms. The van der Waals surface area contributed by atoms with Crippen LogP contribution in [0, 0.1) is 0 Å². The van der Waals surface area contributed by atoms with Crippen molar-refractivity contribution in [2.45, 2.75) is 25.3 Å². The van der Waals surface area contributed by atoms with Crippen molar-refractivity contribution in [1.29, 1.82) is 0 Å². The molecule has 0 fully saturated rings. The average Bonchev–Trinajstić information content (AvgIpc) is 2.49. The molecule has 1 atom stereocenters. The lowest BCUT2D eigenvalue weighted by Gasteiger charge is -2.29. The molecule has 0 bridgehead atoms. The van der Waals surface area contributed by atoms with Crippen molar-refractivity contribution in [2.75, 3.05) is 13.9 Å². The van der Waals surface area contributed by atoms with Gasteiger partial charge in [0, 0.05) is 7.11 Å². The summed E-state index contributed by atoms with van der Waals surface area (Å²) in [5.41, 5.74) is -1.77. The molecule has 1 unspecified atom stereocenters. The first-order valence-corrected chi connectivity index (χ1v) is 6.33. The number of rotatable bonds is 7. The molecular weight excluding hydrogens is 301 g/mol. The van der Waals surface area contributed by atoms with Gasteiger partial charge in [-0.2, -0.15) is 13.2 Å². The van der Waals surface area contributed by atoms with E-state index in [2.05, 4.69) is 16.1 Å². The van der Waals surface area contributed by atoms with Crippen LogP contribution in [0.3, 0.4) is 0 Å². The molecule has 0 heterocycles. The predicted octanol–water partition coefficient (Wildman–Crippen LogP) is 3.31. The molecular formula is C15H17F3O4. The van der Waals surface area contributed by atoms with E-state index in [1.165, 1.54) is 0 Å². The fraction of sp³-hybridized carbons (Fsp3) is 0.400. The van der Waals surface area contributed by atoms with E-state index < -0.39 is 24.5 Å². The number of ether oxygens (including phenoxy) is 3. The second kappa shape index (κ2) is 7.42. The van der Waals surface area contributed by atoms with E-state index in [-0.39, 0.29) is 6.61 Å². The summed E-state index contributed by atoms with van der Waals surface area (Å²) in [6.07, 6.45) is -3.35. The first-order valence-electron chi connectivity index (χ1n) is 6.33. The Morgan fingerprint density at radius 3 is 2.59 bits per heavy atom. The quantitative estimate of drug-likeness (QED) is 0.571. The second-order valence-electron chi connectivity index (χ2n) is 4.61. The summed E-state index contributed by atoms with van der Waals surface area (Å²) in [4.78, 5) is 11.8. The first kappa shape index (κ1) is 18.2. The lowest BCUT2D eigenvalue weighted by Crippen LogP contribution is -2.52. The van der Waals surface area contributed by atoms with E-state index >= 15 is 0 Å². The van der Waals surface area contributed by atoms with Crippen molar-refractivity contribution in [3.63, 3.8) is 0 Å². The van der Waals surface area contributed by atoms with Crippen molar-refractivity contribution in [1.82, 2.24) is 0 Å². The minimum absolute atomic E-state index is 0.303. The van der Waals surface area contributed by atoms with Gasteiger partial charge in [0.15, 0.2) is 0 Å². The van der Waals surface area contributed by atoms with Gasteiger partial charge < -0.3 is 14.2 Å². The SMILES string of the molecule is C=Cc1cccc(COC(=O)C(C)(OCOC)C(F)(F)F)c1. The Kier molecular flexibility index (Phi) is 6.13. The van der Waals surface area contributed by atoms with Gasteiger partial charge in [-0.1, -0.05) is 30.9 Å². The topological polar surface area (TPSA) is 44.8 Å². The Bertz CT molecular complexity index is 528. The van der Waals surface area contributed by atoms with Crippen LogP contribution in [-0.2, 0) is 25.6 Å². The summed E-state index contributed by atoms with van der Waals surface area (Å²) < 4.78 is 52.8. The van der Waals surface area contributed by atoms with Gasteiger partial charge in [-0.05, 0) is 24.1 Å². The highest BCUT2D eigenvalue weighted by atomic mass is 19.4. The van der Waals surface area contributed by atoms with Gasteiger partial charge in [0.1, 0.15) is 13.4 Å². The van der Waals surface area contributed by atoms with Gasteiger partial charge in [0.2, 0.25) is 0 Å². The van der Waals surface area contributed by atoms with Crippen LogP contribution in [0.2, 0.25) is 0 Å². The van der Waals surface area contributed by atoms with Crippen molar-refractivity contribution < 1.29 is 32.2 Å². The van der Waals surface area contributed by atoms with Crippen LogP contribution in [0.4, 0.5) is 13.2 Å². The molecule has 0 aliphatic rings. The molecule has 122 valence electrons. The molecule has 0 amide bonds. The highest BCUT2D eigenvalue weighted by Crippen LogP contribution is 2.34. The average molecular weight is 318 g/mol. The van der Waals surface area contributed by atoms with E-state index in [4.69, 9.17) is 4.74 Å². The van der Waals surface area contributed by atoms with E-state index in [9.17, 15) is 18.0 Å². The Hall–Kier alpha value is -1.86. The normalized spacial score (nSPS) is 14.2. The number of carbonyl (C=O) groups excluding carboxylic acids is 1. The van der Waals surface area contributed by atoms with Gasteiger partial charge >= 0.3 is 12.1 Å². The summed E-state index contributed by atoms with van der Waals surface area (Å²) in [6, 6.07) is 6.73. The van der Waals surface area contributed by atoms with E-state index in [1.807, 2.05) is 0 Å². The molecule has 4 nitrogen and oxygen atoms in total. The van der Waals surface area contributed by atoms with Crippen molar-refractivity contribution >= 4 is 12.0 Å². The number of methoxy groups -OCH3 is 1. The summed E-state index contributed by atoms with van der Waals surface area (Å²) in [5.74, 6) is -1.53. The molecule has 0 saturated heterocycles. The zero-order chi connectivity index (χ0) is 16.8. The summed E-state index contributed by atoms with van der Waals surface area (Å²) in [7, 11) is 1.16. The van der Waals surface area contributed by atoms with Crippen molar-refractivity contribution in [3.8, 4) is 0 Å². The number of carbonyl (C=O) groups is 1. The summed E-state index contributed by atoms with van der Waals surface area (Å²) in [6.45, 7) is 3.20. The third-order valence-electron chi connectivity index (χ3n) is 2.95. The molecule has 0 aliphatic heterocycles. The maximum Gasteiger partial charge on any atom is 0.428 e. The largest absolute Gasteiger partial charge is 0.458 e. The number of halogens is 3. The third-order valence-corrected chi connectivity index (χ3v) is 2.95. The minimum Gasteiger partial charge on any atom is -0.458 e. The standard InChI is InChI=1S/C15H17F3O4/c1-4-11-6-5-7-12(8-11)9-21-13(19)14(2,15(16,17)18)22-10-20-3/h4-8H,1,9-10H2,2-3H3. The predicted molar refractivity (Wildman–Crippen MR) is 73.8 cm³/mol. The Labute approximate surface area is 126 Å². The molecule has 0 radical (unpaired) electrons. The van der Waals surface area contributed by atoms with Gasteiger partial charge in [-0.3, -0.25) is 0 Å². The van der Waals surface area contributed by atoms with Gasteiger partial charge in [0.25, 0.3) is 5.60 Å². The maximum atomic E-state index is 13.0. The first-order chi connectivity index (χ1) is 10.2. The van der Waals surface area contributed by atoms with E-state index in [0.29, 0.717) is 12.5 Å². The van der Waals surface area contributed by atoms with Crippen LogP contribution in [0.25, 0.3) is 6.08 Å². The fourth-order valence-corrected chi connectivity index (χ4v) is 1.53. The lowest BCUT2D eigenvalue weighted by atomic mass is 10.1.